The zero-order chi connectivity index (χ0) is 13.4. The highest BCUT2D eigenvalue weighted by Gasteiger charge is 2.67. The van der Waals surface area contributed by atoms with Gasteiger partial charge in [0.05, 0.1) is 8.65 Å². The number of hydrogen-bond acceptors (Lipinski definition) is 1. The van der Waals surface area contributed by atoms with Gasteiger partial charge in [-0.3, -0.25) is 4.79 Å². The van der Waals surface area contributed by atoms with Crippen molar-refractivity contribution >= 4 is 37.8 Å². The molecular formula is C13H23Br2NO. The molecule has 1 rings (SSSR count). The van der Waals surface area contributed by atoms with Crippen molar-refractivity contribution in [2.75, 3.05) is 13.1 Å². The lowest BCUT2D eigenvalue weighted by Gasteiger charge is -2.29. The second kappa shape index (κ2) is 5.20. The third kappa shape index (κ3) is 3.46. The first-order chi connectivity index (χ1) is 7.60. The molecule has 1 fully saturated rings. The molecule has 0 saturated heterocycles. The summed E-state index contributed by atoms with van der Waals surface area (Å²) in [6, 6.07) is 0. The van der Waals surface area contributed by atoms with E-state index in [0.29, 0.717) is 11.8 Å². The van der Waals surface area contributed by atoms with Gasteiger partial charge in [-0.05, 0) is 25.2 Å². The molecule has 1 unspecified atom stereocenters. The first kappa shape index (κ1) is 15.5. The predicted molar refractivity (Wildman–Crippen MR) is 79.6 cm³/mol. The van der Waals surface area contributed by atoms with Crippen LogP contribution in [-0.4, -0.2) is 27.1 Å². The summed E-state index contributed by atoms with van der Waals surface area (Å²) in [4.78, 5) is 14.6. The van der Waals surface area contributed by atoms with E-state index in [1.807, 2.05) is 11.8 Å². The lowest BCUT2D eigenvalue weighted by atomic mass is 10.1. The summed E-state index contributed by atoms with van der Waals surface area (Å²) in [7, 11) is 0. The van der Waals surface area contributed by atoms with Crippen LogP contribution in [-0.2, 0) is 4.79 Å². The first-order valence-electron chi connectivity index (χ1n) is 6.27. The topological polar surface area (TPSA) is 20.3 Å². The summed E-state index contributed by atoms with van der Waals surface area (Å²) >= 11 is 7.16. The molecule has 1 saturated carbocycles. The fourth-order valence-corrected chi connectivity index (χ4v) is 3.56. The molecule has 0 radical (unpaired) electrons. The maximum Gasteiger partial charge on any atom is 0.230 e. The molecule has 17 heavy (non-hydrogen) atoms. The number of hydrogen-bond donors (Lipinski definition) is 0. The van der Waals surface area contributed by atoms with Gasteiger partial charge in [-0.1, -0.05) is 59.6 Å². The molecule has 4 heteroatoms. The molecule has 0 aromatic carbocycles. The highest BCUT2D eigenvalue weighted by Crippen LogP contribution is 2.67. The van der Waals surface area contributed by atoms with Gasteiger partial charge < -0.3 is 4.90 Å². The number of carbonyl (C=O) groups is 1. The Hall–Kier alpha value is 0.430. The Morgan fingerprint density at radius 1 is 1.18 bits per heavy atom. The summed E-state index contributed by atoms with van der Waals surface area (Å²) in [6.45, 7) is 12.4. The molecule has 2 nitrogen and oxygen atoms in total. The molecule has 0 bridgehead atoms. The van der Waals surface area contributed by atoms with E-state index in [-0.39, 0.29) is 14.6 Å². The molecule has 0 aliphatic heterocycles. The largest absolute Gasteiger partial charge is 0.342 e. The van der Waals surface area contributed by atoms with E-state index >= 15 is 0 Å². The third-order valence-corrected chi connectivity index (χ3v) is 5.50. The molecule has 1 amide bonds. The van der Waals surface area contributed by atoms with Crippen molar-refractivity contribution in [2.45, 2.75) is 44.3 Å². The molecule has 0 heterocycles. The number of halogens is 2. The summed E-state index contributed by atoms with van der Waals surface area (Å²) in [5, 5.41) is 0. The number of carbonyl (C=O) groups excluding carboxylic acids is 1. The van der Waals surface area contributed by atoms with Crippen molar-refractivity contribution in [2.24, 2.45) is 17.3 Å². The summed E-state index contributed by atoms with van der Waals surface area (Å²) in [6.07, 6.45) is 0.867. The standard InChI is InChI=1S/C13H23Br2NO/c1-9(2)6-16(7-10(3)4)11(17)12(5)8-13(12,14)15/h9-10H,6-8H2,1-5H3. The van der Waals surface area contributed by atoms with Gasteiger partial charge in [-0.2, -0.15) is 0 Å². The molecule has 0 spiro atoms. The van der Waals surface area contributed by atoms with E-state index < -0.39 is 0 Å². The van der Waals surface area contributed by atoms with E-state index in [4.69, 9.17) is 0 Å². The van der Waals surface area contributed by atoms with Crippen LogP contribution in [0.1, 0.15) is 41.0 Å². The van der Waals surface area contributed by atoms with Gasteiger partial charge >= 0.3 is 0 Å². The van der Waals surface area contributed by atoms with Gasteiger partial charge in [0.15, 0.2) is 0 Å². The molecule has 100 valence electrons. The highest BCUT2D eigenvalue weighted by molar-refractivity contribution is 9.25. The highest BCUT2D eigenvalue weighted by atomic mass is 79.9. The van der Waals surface area contributed by atoms with Crippen LogP contribution in [0.3, 0.4) is 0 Å². The lowest BCUT2D eigenvalue weighted by molar-refractivity contribution is -0.137. The first-order valence-corrected chi connectivity index (χ1v) is 7.86. The third-order valence-electron chi connectivity index (χ3n) is 3.19. The van der Waals surface area contributed by atoms with E-state index in [1.165, 1.54) is 0 Å². The molecule has 1 atom stereocenters. The van der Waals surface area contributed by atoms with Crippen LogP contribution in [0.5, 0.6) is 0 Å². The maximum absolute atomic E-state index is 12.6. The Morgan fingerprint density at radius 2 is 1.53 bits per heavy atom. The maximum atomic E-state index is 12.6. The molecule has 0 aromatic rings. The summed E-state index contributed by atoms with van der Waals surface area (Å²) in [5.74, 6) is 1.30. The average Bonchev–Trinajstić information content (AvgIpc) is 2.63. The Balaban J connectivity index is 2.74. The minimum Gasteiger partial charge on any atom is -0.342 e. The quantitative estimate of drug-likeness (QED) is 0.671. The predicted octanol–water partition coefficient (Wildman–Crippen LogP) is 4.02. The van der Waals surface area contributed by atoms with E-state index in [0.717, 1.165) is 19.5 Å². The van der Waals surface area contributed by atoms with Gasteiger partial charge in [0.25, 0.3) is 0 Å². The van der Waals surface area contributed by atoms with Crippen molar-refractivity contribution in [3.05, 3.63) is 0 Å². The Bertz CT molecular complexity index is 292. The van der Waals surface area contributed by atoms with Gasteiger partial charge in [-0.25, -0.2) is 0 Å². The van der Waals surface area contributed by atoms with Crippen molar-refractivity contribution in [1.82, 2.24) is 4.90 Å². The van der Waals surface area contributed by atoms with Crippen LogP contribution >= 0.6 is 31.9 Å². The minimum absolute atomic E-state index is 0.184. The molecule has 0 aromatic heterocycles. The SMILES string of the molecule is CC(C)CN(CC(C)C)C(=O)C1(C)CC1(Br)Br. The lowest BCUT2D eigenvalue weighted by Crippen LogP contribution is -2.42. The van der Waals surface area contributed by atoms with Crippen LogP contribution in [0.2, 0.25) is 0 Å². The number of amides is 1. The average molecular weight is 369 g/mol. The van der Waals surface area contributed by atoms with Crippen LogP contribution in [0.25, 0.3) is 0 Å². The zero-order valence-corrected chi connectivity index (χ0v) is 14.6. The van der Waals surface area contributed by atoms with Crippen molar-refractivity contribution in [1.29, 1.82) is 0 Å². The molecule has 1 aliphatic carbocycles. The van der Waals surface area contributed by atoms with Gasteiger partial charge in [0.1, 0.15) is 0 Å². The monoisotopic (exact) mass is 367 g/mol. The Morgan fingerprint density at radius 3 is 1.76 bits per heavy atom. The molecule has 1 aliphatic rings. The van der Waals surface area contributed by atoms with Crippen LogP contribution in [0.4, 0.5) is 0 Å². The Labute approximate surface area is 122 Å². The number of rotatable bonds is 5. The summed E-state index contributed by atoms with van der Waals surface area (Å²) in [5.41, 5.74) is -0.281. The fourth-order valence-electron chi connectivity index (χ4n) is 2.10. The minimum atomic E-state index is -0.281. The second-order valence-electron chi connectivity index (χ2n) is 6.21. The van der Waals surface area contributed by atoms with E-state index in [9.17, 15) is 4.79 Å². The molecular weight excluding hydrogens is 346 g/mol. The van der Waals surface area contributed by atoms with Crippen molar-refractivity contribution in [3.8, 4) is 0 Å². The van der Waals surface area contributed by atoms with Gasteiger partial charge in [0.2, 0.25) is 5.91 Å². The zero-order valence-electron chi connectivity index (χ0n) is 11.4. The number of nitrogens with zero attached hydrogens (tertiary/aromatic N) is 1. The van der Waals surface area contributed by atoms with Crippen LogP contribution in [0.15, 0.2) is 0 Å². The van der Waals surface area contributed by atoms with E-state index in [2.05, 4.69) is 59.6 Å². The van der Waals surface area contributed by atoms with E-state index in [1.54, 1.807) is 0 Å². The van der Waals surface area contributed by atoms with Gasteiger partial charge in [0, 0.05) is 13.1 Å². The van der Waals surface area contributed by atoms with Crippen molar-refractivity contribution in [3.63, 3.8) is 0 Å². The van der Waals surface area contributed by atoms with Gasteiger partial charge in [-0.15, -0.1) is 0 Å². The Kier molecular flexibility index (Phi) is 4.74. The smallest absolute Gasteiger partial charge is 0.230 e. The molecule has 0 N–H and O–H groups in total. The van der Waals surface area contributed by atoms with Crippen molar-refractivity contribution < 1.29 is 4.79 Å². The second-order valence-corrected chi connectivity index (χ2v) is 9.98. The fraction of sp³-hybridized carbons (Fsp3) is 0.923. The van der Waals surface area contributed by atoms with Crippen LogP contribution < -0.4 is 0 Å². The van der Waals surface area contributed by atoms with Crippen LogP contribution in [0, 0.1) is 17.3 Å². The summed E-state index contributed by atoms with van der Waals surface area (Å²) < 4.78 is -0.184. The number of alkyl halides is 2. The normalized spacial score (nSPS) is 26.4.